The Bertz CT molecular complexity index is 1050. The highest BCUT2D eigenvalue weighted by atomic mass is 35.5. The average molecular weight is 410 g/mol. The first kappa shape index (κ1) is 19.3. The molecule has 0 bridgehead atoms. The Morgan fingerprint density at radius 2 is 1.93 bits per heavy atom. The molecule has 0 N–H and O–H groups in total. The second kappa shape index (κ2) is 6.91. The molecule has 1 aliphatic heterocycles. The average Bonchev–Trinajstić information content (AvgIpc) is 3.04. The van der Waals surface area contributed by atoms with E-state index in [-0.39, 0.29) is 21.2 Å². The van der Waals surface area contributed by atoms with Crippen LogP contribution in [0.2, 0.25) is 5.02 Å². The van der Waals surface area contributed by atoms with E-state index in [2.05, 4.69) is 0 Å². The molecule has 1 heterocycles. The summed E-state index contributed by atoms with van der Waals surface area (Å²) in [5.74, 6) is -0.392. The molecule has 142 valence electrons. The number of carbonyl (C=O) groups is 1. The van der Waals surface area contributed by atoms with Crippen molar-refractivity contribution < 1.29 is 18.1 Å². The molecule has 0 fully saturated rings. The molecule has 10 heteroatoms. The zero-order valence-electron chi connectivity index (χ0n) is 14.5. The lowest BCUT2D eigenvalue weighted by Gasteiger charge is -2.19. The maximum absolute atomic E-state index is 12.8. The van der Waals surface area contributed by atoms with E-state index in [1.165, 1.54) is 37.2 Å². The van der Waals surface area contributed by atoms with E-state index >= 15 is 0 Å². The van der Waals surface area contributed by atoms with Gasteiger partial charge in [-0.1, -0.05) is 11.6 Å². The highest BCUT2D eigenvalue weighted by Gasteiger charge is 2.29. The molecule has 27 heavy (non-hydrogen) atoms. The predicted molar refractivity (Wildman–Crippen MR) is 101 cm³/mol. The van der Waals surface area contributed by atoms with Gasteiger partial charge >= 0.3 is 0 Å². The molecule has 0 atom stereocenters. The van der Waals surface area contributed by atoms with Crippen molar-refractivity contribution in [2.24, 2.45) is 0 Å². The normalized spacial score (nSPS) is 13.7. The second-order valence-electron chi connectivity index (χ2n) is 6.21. The highest BCUT2D eigenvalue weighted by molar-refractivity contribution is 7.89. The van der Waals surface area contributed by atoms with Crippen LogP contribution in [0.5, 0.6) is 0 Å². The van der Waals surface area contributed by atoms with E-state index in [0.29, 0.717) is 18.7 Å². The maximum Gasteiger partial charge on any atom is 0.270 e. The summed E-state index contributed by atoms with van der Waals surface area (Å²) < 4.78 is 25.7. The van der Waals surface area contributed by atoms with Crippen LogP contribution in [-0.2, 0) is 16.4 Å². The SMILES string of the molecule is CN(C)S(=O)(=O)c1ccc2c(c1)CCN2C(=O)c1ccc([N+](=O)[O-])cc1Cl. The number of nitrogens with zero attached hydrogens (tertiary/aromatic N) is 3. The van der Waals surface area contributed by atoms with Crippen LogP contribution in [0.4, 0.5) is 11.4 Å². The molecule has 2 aromatic rings. The molecule has 0 saturated carbocycles. The third kappa shape index (κ3) is 3.41. The monoisotopic (exact) mass is 409 g/mol. The van der Waals surface area contributed by atoms with Gasteiger partial charge in [0, 0.05) is 38.5 Å². The summed E-state index contributed by atoms with van der Waals surface area (Å²) in [5.41, 5.74) is 1.30. The first-order valence-electron chi connectivity index (χ1n) is 7.94. The third-order valence-electron chi connectivity index (χ3n) is 4.36. The van der Waals surface area contributed by atoms with Crippen LogP contribution in [-0.4, -0.2) is 44.2 Å². The third-order valence-corrected chi connectivity index (χ3v) is 6.49. The van der Waals surface area contributed by atoms with E-state index in [1.807, 2.05) is 0 Å². The molecule has 1 aliphatic rings. The van der Waals surface area contributed by atoms with E-state index in [4.69, 9.17) is 11.6 Å². The van der Waals surface area contributed by atoms with Crippen molar-refractivity contribution in [3.8, 4) is 0 Å². The molecule has 0 spiro atoms. The molecule has 0 radical (unpaired) electrons. The smallest absolute Gasteiger partial charge is 0.270 e. The van der Waals surface area contributed by atoms with Gasteiger partial charge in [-0.15, -0.1) is 0 Å². The number of carbonyl (C=O) groups excluding carboxylic acids is 1. The molecule has 8 nitrogen and oxygen atoms in total. The zero-order chi connectivity index (χ0) is 19.9. The van der Waals surface area contributed by atoms with Gasteiger partial charge in [0.25, 0.3) is 11.6 Å². The number of nitro groups is 1. The molecule has 0 aliphatic carbocycles. The standard InChI is InChI=1S/C17H16ClN3O5S/c1-19(2)27(25,26)13-4-6-16-11(9-13)7-8-20(16)17(22)14-5-3-12(21(23)24)10-15(14)18/h3-6,9-10H,7-8H2,1-2H3. The minimum atomic E-state index is -3.56. The van der Waals surface area contributed by atoms with Gasteiger partial charge in [-0.2, -0.15) is 0 Å². The Morgan fingerprint density at radius 1 is 1.22 bits per heavy atom. The Morgan fingerprint density at radius 3 is 2.52 bits per heavy atom. The number of benzene rings is 2. The zero-order valence-corrected chi connectivity index (χ0v) is 16.1. The number of rotatable bonds is 4. The number of nitro benzene ring substituents is 1. The largest absolute Gasteiger partial charge is 0.308 e. The summed E-state index contributed by atoms with van der Waals surface area (Å²) >= 11 is 6.06. The summed E-state index contributed by atoms with van der Waals surface area (Å²) in [6, 6.07) is 8.30. The fourth-order valence-electron chi connectivity index (χ4n) is 2.90. The van der Waals surface area contributed by atoms with Gasteiger partial charge in [0.2, 0.25) is 10.0 Å². The number of sulfonamides is 1. The fraction of sp³-hybridized carbons (Fsp3) is 0.235. The number of halogens is 1. The Balaban J connectivity index is 1.94. The van der Waals surface area contributed by atoms with E-state index < -0.39 is 20.9 Å². The van der Waals surface area contributed by atoms with Crippen LogP contribution in [0.1, 0.15) is 15.9 Å². The maximum atomic E-state index is 12.8. The van der Waals surface area contributed by atoms with Crippen molar-refractivity contribution in [2.75, 3.05) is 25.5 Å². The molecule has 3 rings (SSSR count). The summed E-state index contributed by atoms with van der Waals surface area (Å²) in [5, 5.41) is 10.8. The molecule has 0 aromatic heterocycles. The van der Waals surface area contributed by atoms with E-state index in [1.54, 1.807) is 12.1 Å². The minimum absolute atomic E-state index is 0.00513. The Labute approximate surface area is 161 Å². The molecular weight excluding hydrogens is 394 g/mol. The van der Waals surface area contributed by atoms with Gasteiger partial charge in [-0.05, 0) is 36.2 Å². The lowest BCUT2D eigenvalue weighted by Crippen LogP contribution is -2.29. The lowest BCUT2D eigenvalue weighted by molar-refractivity contribution is -0.384. The van der Waals surface area contributed by atoms with Gasteiger partial charge in [0.15, 0.2) is 0 Å². The first-order valence-corrected chi connectivity index (χ1v) is 9.76. The summed E-state index contributed by atoms with van der Waals surface area (Å²) in [6.45, 7) is 0.368. The molecule has 0 unspecified atom stereocenters. The van der Waals surface area contributed by atoms with Crippen LogP contribution in [0.25, 0.3) is 0 Å². The highest BCUT2D eigenvalue weighted by Crippen LogP contribution is 2.33. The Kier molecular flexibility index (Phi) is 4.94. The second-order valence-corrected chi connectivity index (χ2v) is 8.77. The minimum Gasteiger partial charge on any atom is -0.308 e. The topological polar surface area (TPSA) is 101 Å². The van der Waals surface area contributed by atoms with E-state index in [0.717, 1.165) is 15.9 Å². The quantitative estimate of drug-likeness (QED) is 0.570. The van der Waals surface area contributed by atoms with Gasteiger partial charge in [0.1, 0.15) is 0 Å². The van der Waals surface area contributed by atoms with Crippen molar-refractivity contribution >= 4 is 38.9 Å². The number of fused-ring (bicyclic) bond motifs is 1. The van der Waals surface area contributed by atoms with Crippen LogP contribution < -0.4 is 4.90 Å². The number of hydrogen-bond acceptors (Lipinski definition) is 5. The van der Waals surface area contributed by atoms with Gasteiger partial charge < -0.3 is 4.90 Å². The summed E-state index contributed by atoms with van der Waals surface area (Å²) in [7, 11) is -0.656. The van der Waals surface area contributed by atoms with Crippen molar-refractivity contribution in [3.05, 3.63) is 62.7 Å². The molecule has 2 aromatic carbocycles. The number of hydrogen-bond donors (Lipinski definition) is 0. The summed E-state index contributed by atoms with van der Waals surface area (Å²) in [6.07, 6.45) is 0.502. The van der Waals surface area contributed by atoms with Gasteiger partial charge in [-0.3, -0.25) is 14.9 Å². The summed E-state index contributed by atoms with van der Waals surface area (Å²) in [4.78, 5) is 24.7. The van der Waals surface area contributed by atoms with Crippen molar-refractivity contribution in [1.29, 1.82) is 0 Å². The van der Waals surface area contributed by atoms with E-state index in [9.17, 15) is 23.3 Å². The van der Waals surface area contributed by atoms with Gasteiger partial charge in [0.05, 0.1) is 20.4 Å². The van der Waals surface area contributed by atoms with Crippen molar-refractivity contribution in [3.63, 3.8) is 0 Å². The van der Waals surface area contributed by atoms with Crippen LogP contribution in [0, 0.1) is 10.1 Å². The number of non-ortho nitro benzene ring substituents is 1. The fourth-order valence-corrected chi connectivity index (χ4v) is 4.11. The number of amides is 1. The molecule has 1 amide bonds. The number of anilines is 1. The van der Waals surface area contributed by atoms with Crippen LogP contribution in [0.15, 0.2) is 41.3 Å². The molecular formula is C17H16ClN3O5S. The van der Waals surface area contributed by atoms with Crippen LogP contribution in [0.3, 0.4) is 0 Å². The Hall–Kier alpha value is -2.49. The van der Waals surface area contributed by atoms with Gasteiger partial charge in [-0.25, -0.2) is 12.7 Å². The van der Waals surface area contributed by atoms with Crippen molar-refractivity contribution in [2.45, 2.75) is 11.3 Å². The lowest BCUT2D eigenvalue weighted by atomic mass is 10.1. The predicted octanol–water partition coefficient (Wildman–Crippen LogP) is 2.70. The van der Waals surface area contributed by atoms with Crippen molar-refractivity contribution in [1.82, 2.24) is 4.31 Å². The van der Waals surface area contributed by atoms with Crippen LogP contribution >= 0.6 is 11.6 Å². The first-order chi connectivity index (χ1) is 12.6. The molecule has 0 saturated heterocycles.